The van der Waals surface area contributed by atoms with E-state index in [-0.39, 0.29) is 28.7 Å². The van der Waals surface area contributed by atoms with Gasteiger partial charge in [-0.1, -0.05) is 30.3 Å². The van der Waals surface area contributed by atoms with Gasteiger partial charge < -0.3 is 5.73 Å². The number of primary amides is 1. The van der Waals surface area contributed by atoms with Gasteiger partial charge in [-0.05, 0) is 66.0 Å². The third-order valence-corrected chi connectivity index (χ3v) is 6.82. The smallest absolute Gasteiger partial charge is 0.225 e. The topological polar surface area (TPSA) is 72.5 Å². The molecule has 22 heavy (non-hydrogen) atoms. The fourth-order valence-corrected chi connectivity index (χ4v) is 6.00. The van der Waals surface area contributed by atoms with Crippen molar-refractivity contribution in [3.8, 4) is 0 Å². The highest BCUT2D eigenvalue weighted by molar-refractivity contribution is 5.86. The molecule has 4 nitrogen and oxygen atoms in total. The highest BCUT2D eigenvalue weighted by atomic mass is 16.3. The summed E-state index contributed by atoms with van der Waals surface area (Å²) in [6.45, 7) is 4.23. The second-order valence-corrected chi connectivity index (χ2v) is 7.89. The standard InChI is InChI=1S/C18H22N2O2/c1-10-4-3-5-11-12-6-7-17(2)9-18(12,8-13(17)20-22)15(14(10)11)16(19)21/h3-5,12-13,15H,6-9H2,1-2H3,(H2,19,21)/t12?,13?,15-,17+,18-/m1/s1. The van der Waals surface area contributed by atoms with Gasteiger partial charge in [0.2, 0.25) is 5.91 Å². The van der Waals surface area contributed by atoms with Crippen LogP contribution in [0.3, 0.4) is 0 Å². The molecular weight excluding hydrogens is 276 g/mol. The maximum Gasteiger partial charge on any atom is 0.225 e. The Kier molecular flexibility index (Phi) is 2.64. The van der Waals surface area contributed by atoms with Crippen molar-refractivity contribution in [2.24, 2.45) is 21.7 Å². The summed E-state index contributed by atoms with van der Waals surface area (Å²) in [4.78, 5) is 23.8. The van der Waals surface area contributed by atoms with E-state index in [2.05, 4.69) is 37.2 Å². The molecule has 5 atom stereocenters. The molecule has 2 N–H and O–H groups in total. The van der Waals surface area contributed by atoms with E-state index in [0.717, 1.165) is 30.4 Å². The second-order valence-electron chi connectivity index (χ2n) is 7.89. The Balaban J connectivity index is 1.95. The van der Waals surface area contributed by atoms with E-state index in [0.29, 0.717) is 12.3 Å². The van der Waals surface area contributed by atoms with Crippen LogP contribution in [0, 0.1) is 22.7 Å². The minimum absolute atomic E-state index is 0.0676. The van der Waals surface area contributed by atoms with Crippen LogP contribution in [-0.4, -0.2) is 11.9 Å². The van der Waals surface area contributed by atoms with Crippen molar-refractivity contribution < 1.29 is 4.79 Å². The van der Waals surface area contributed by atoms with Gasteiger partial charge in [0.15, 0.2) is 0 Å². The Morgan fingerprint density at radius 3 is 2.86 bits per heavy atom. The van der Waals surface area contributed by atoms with Gasteiger partial charge >= 0.3 is 0 Å². The molecule has 3 aliphatic rings. The predicted molar refractivity (Wildman–Crippen MR) is 84.4 cm³/mol. The molecule has 0 radical (unpaired) electrons. The summed E-state index contributed by atoms with van der Waals surface area (Å²) in [5.74, 6) is -0.159. The van der Waals surface area contributed by atoms with Crippen molar-refractivity contribution >= 4 is 5.91 Å². The van der Waals surface area contributed by atoms with E-state index < -0.39 is 0 Å². The van der Waals surface area contributed by atoms with Gasteiger partial charge in [-0.15, -0.1) is 0 Å². The first-order valence-electron chi connectivity index (χ1n) is 8.14. The zero-order valence-corrected chi connectivity index (χ0v) is 13.1. The zero-order valence-electron chi connectivity index (χ0n) is 13.1. The number of nitrogens with zero attached hydrogens (tertiary/aromatic N) is 1. The molecule has 1 aromatic rings. The Hall–Kier alpha value is -1.71. The van der Waals surface area contributed by atoms with E-state index in [9.17, 15) is 9.70 Å². The van der Waals surface area contributed by atoms with Crippen molar-refractivity contribution in [1.29, 1.82) is 0 Å². The number of amides is 1. The Morgan fingerprint density at radius 2 is 2.18 bits per heavy atom. The van der Waals surface area contributed by atoms with Crippen LogP contribution in [0.25, 0.3) is 0 Å². The van der Waals surface area contributed by atoms with E-state index >= 15 is 0 Å². The first kappa shape index (κ1) is 13.9. The Bertz CT molecular complexity index is 686. The molecule has 0 saturated heterocycles. The Morgan fingerprint density at radius 1 is 1.41 bits per heavy atom. The van der Waals surface area contributed by atoms with Gasteiger partial charge in [0.25, 0.3) is 0 Å². The number of nitrogens with two attached hydrogens (primary N) is 1. The molecule has 4 rings (SSSR count). The van der Waals surface area contributed by atoms with E-state index in [1.165, 1.54) is 5.56 Å². The predicted octanol–water partition coefficient (Wildman–Crippen LogP) is 3.38. The van der Waals surface area contributed by atoms with E-state index in [1.807, 2.05) is 0 Å². The fourth-order valence-electron chi connectivity index (χ4n) is 6.00. The van der Waals surface area contributed by atoms with Gasteiger partial charge in [-0.3, -0.25) is 4.79 Å². The van der Waals surface area contributed by atoms with Gasteiger partial charge in [-0.2, -0.15) is 4.91 Å². The second kappa shape index (κ2) is 4.18. The summed E-state index contributed by atoms with van der Waals surface area (Å²) >= 11 is 0. The van der Waals surface area contributed by atoms with Crippen molar-refractivity contribution in [3.05, 3.63) is 39.8 Å². The molecule has 1 spiro atoms. The molecule has 4 heteroatoms. The highest BCUT2D eigenvalue weighted by Crippen LogP contribution is 2.72. The van der Waals surface area contributed by atoms with E-state index in [1.54, 1.807) is 0 Å². The lowest BCUT2D eigenvalue weighted by Gasteiger charge is -2.42. The molecule has 0 aromatic heterocycles. The van der Waals surface area contributed by atoms with Crippen molar-refractivity contribution in [3.63, 3.8) is 0 Å². The lowest BCUT2D eigenvalue weighted by molar-refractivity contribution is -0.122. The molecule has 1 amide bonds. The lowest BCUT2D eigenvalue weighted by Crippen LogP contribution is -2.38. The first-order valence-corrected chi connectivity index (χ1v) is 8.14. The van der Waals surface area contributed by atoms with Crippen LogP contribution in [0.15, 0.2) is 23.4 Å². The Labute approximate surface area is 130 Å². The van der Waals surface area contributed by atoms with Gasteiger partial charge in [0.05, 0.1) is 12.0 Å². The summed E-state index contributed by atoms with van der Waals surface area (Å²) in [7, 11) is 0. The molecule has 3 aliphatic carbocycles. The SMILES string of the molecule is Cc1cccc2c1[C@H](C(N)=O)[C@@]13CC(N=O)[C@@](C)(CCC21)C3. The maximum absolute atomic E-state index is 12.4. The van der Waals surface area contributed by atoms with Crippen LogP contribution in [0.4, 0.5) is 0 Å². The van der Waals surface area contributed by atoms with Crippen LogP contribution in [0.5, 0.6) is 0 Å². The van der Waals surface area contributed by atoms with Crippen LogP contribution >= 0.6 is 0 Å². The number of carbonyl (C=O) groups excluding carboxylic acids is 1. The van der Waals surface area contributed by atoms with Gasteiger partial charge in [0, 0.05) is 0 Å². The van der Waals surface area contributed by atoms with Crippen LogP contribution in [0.1, 0.15) is 61.1 Å². The summed E-state index contributed by atoms with van der Waals surface area (Å²) in [5, 5.41) is 3.43. The average molecular weight is 298 g/mol. The molecule has 0 aliphatic heterocycles. The molecule has 2 saturated carbocycles. The summed E-state index contributed by atoms with van der Waals surface area (Å²) in [6, 6.07) is 6.10. The quantitative estimate of drug-likeness (QED) is 0.850. The molecule has 2 unspecified atom stereocenters. The largest absolute Gasteiger partial charge is 0.369 e. The van der Waals surface area contributed by atoms with Crippen LogP contribution in [-0.2, 0) is 4.79 Å². The third kappa shape index (κ3) is 1.46. The van der Waals surface area contributed by atoms with Gasteiger partial charge in [-0.25, -0.2) is 0 Å². The minimum atomic E-state index is -0.264. The number of benzene rings is 1. The first-order chi connectivity index (χ1) is 10.4. The number of fused-ring (bicyclic) bond motifs is 3. The minimum Gasteiger partial charge on any atom is -0.369 e. The number of aryl methyl sites for hydroxylation is 1. The number of rotatable bonds is 2. The number of carbonyl (C=O) groups is 1. The molecule has 0 heterocycles. The summed E-state index contributed by atoms with van der Waals surface area (Å²) in [6.07, 6.45) is 3.64. The molecule has 116 valence electrons. The number of hydrogen-bond donors (Lipinski definition) is 1. The normalized spacial score (nSPS) is 41.8. The average Bonchev–Trinajstić information content (AvgIpc) is 2.87. The van der Waals surface area contributed by atoms with Crippen LogP contribution in [0.2, 0.25) is 0 Å². The molecular formula is C18H22N2O2. The number of nitroso groups, excluding NO2 is 1. The van der Waals surface area contributed by atoms with Gasteiger partial charge in [0.1, 0.15) is 0 Å². The number of hydrogen-bond acceptors (Lipinski definition) is 3. The van der Waals surface area contributed by atoms with E-state index in [4.69, 9.17) is 5.73 Å². The summed E-state index contributed by atoms with van der Waals surface area (Å²) in [5.41, 5.74) is 9.17. The molecule has 2 fully saturated rings. The van der Waals surface area contributed by atoms with Crippen molar-refractivity contribution in [2.75, 3.05) is 0 Å². The fraction of sp³-hybridized carbons (Fsp3) is 0.611. The third-order valence-electron chi connectivity index (χ3n) is 6.82. The maximum atomic E-state index is 12.4. The van der Waals surface area contributed by atoms with Crippen molar-refractivity contribution in [1.82, 2.24) is 0 Å². The zero-order chi connectivity index (χ0) is 15.7. The summed E-state index contributed by atoms with van der Waals surface area (Å²) < 4.78 is 0. The van der Waals surface area contributed by atoms with Crippen molar-refractivity contribution in [2.45, 2.75) is 57.4 Å². The highest BCUT2D eigenvalue weighted by Gasteiger charge is 2.67. The molecule has 2 bridgehead atoms. The lowest BCUT2D eigenvalue weighted by atomic mass is 9.61. The van der Waals surface area contributed by atoms with Crippen LogP contribution < -0.4 is 5.73 Å². The monoisotopic (exact) mass is 298 g/mol. The molecule has 1 aromatic carbocycles.